The molecule has 2 aliphatic heterocycles. The zero-order chi connectivity index (χ0) is 17.2. The number of fused-ring (bicyclic) bond motifs is 1. The van der Waals surface area contributed by atoms with Gasteiger partial charge in [-0.05, 0) is 31.2 Å². The molecule has 1 saturated heterocycles. The highest BCUT2D eigenvalue weighted by Crippen LogP contribution is 2.34. The maximum atomic E-state index is 12.3. The molecule has 2 heterocycles. The van der Waals surface area contributed by atoms with Crippen LogP contribution in [0.25, 0.3) is 0 Å². The molecule has 2 fully saturated rings. The van der Waals surface area contributed by atoms with Crippen LogP contribution < -0.4 is 14.8 Å². The van der Waals surface area contributed by atoms with Crippen molar-refractivity contribution in [2.24, 2.45) is 11.8 Å². The summed E-state index contributed by atoms with van der Waals surface area (Å²) in [6.45, 7) is 6.20. The van der Waals surface area contributed by atoms with Crippen molar-refractivity contribution in [3.63, 3.8) is 0 Å². The normalized spacial score (nSPS) is 26.2. The predicted molar refractivity (Wildman–Crippen MR) is 95.8 cm³/mol. The number of hydrogen-bond acceptors (Lipinski definition) is 4. The zero-order valence-electron chi connectivity index (χ0n) is 15.0. The monoisotopic (exact) mass is 344 g/mol. The number of nitrogens with one attached hydrogen (secondary N) is 1. The van der Waals surface area contributed by atoms with Gasteiger partial charge in [0.1, 0.15) is 0 Å². The lowest BCUT2D eigenvalue weighted by molar-refractivity contribution is -0.134. The fourth-order valence-corrected chi connectivity index (χ4v) is 3.87. The summed E-state index contributed by atoms with van der Waals surface area (Å²) >= 11 is 0. The van der Waals surface area contributed by atoms with E-state index in [9.17, 15) is 4.79 Å². The summed E-state index contributed by atoms with van der Waals surface area (Å²) in [5, 5.41) is 3.69. The average molecular weight is 344 g/mol. The van der Waals surface area contributed by atoms with Crippen LogP contribution in [0.15, 0.2) is 18.2 Å². The van der Waals surface area contributed by atoms with Gasteiger partial charge in [0.2, 0.25) is 5.91 Å². The first-order valence-electron chi connectivity index (χ1n) is 9.62. The lowest BCUT2D eigenvalue weighted by atomic mass is 9.93. The van der Waals surface area contributed by atoms with Gasteiger partial charge >= 0.3 is 0 Å². The first kappa shape index (κ1) is 16.7. The van der Waals surface area contributed by atoms with Gasteiger partial charge in [-0.2, -0.15) is 0 Å². The Hall–Kier alpha value is -1.75. The second-order valence-corrected chi connectivity index (χ2v) is 7.61. The standard InChI is InChI=1S/C20H28N2O3/c1-14-13-22(20(23)15-6-7-15)9-8-17(14)21-12-16-4-2-5-18-19(16)25-11-3-10-24-18/h2,4-5,14-15,17,21H,3,6-13H2,1H3. The Morgan fingerprint density at radius 1 is 1.24 bits per heavy atom. The quantitative estimate of drug-likeness (QED) is 0.912. The Morgan fingerprint density at radius 2 is 2.08 bits per heavy atom. The number of hydrogen-bond donors (Lipinski definition) is 1. The van der Waals surface area contributed by atoms with Crippen molar-refractivity contribution in [2.75, 3.05) is 26.3 Å². The summed E-state index contributed by atoms with van der Waals surface area (Å²) in [5.41, 5.74) is 1.16. The van der Waals surface area contributed by atoms with E-state index in [1.54, 1.807) is 0 Å². The van der Waals surface area contributed by atoms with Gasteiger partial charge < -0.3 is 19.7 Å². The molecule has 0 spiro atoms. The minimum atomic E-state index is 0.327. The van der Waals surface area contributed by atoms with Gasteiger partial charge in [-0.25, -0.2) is 0 Å². The molecule has 1 aromatic carbocycles. The van der Waals surface area contributed by atoms with E-state index in [1.165, 1.54) is 0 Å². The third kappa shape index (κ3) is 3.76. The van der Waals surface area contributed by atoms with E-state index in [2.05, 4.69) is 23.2 Å². The van der Waals surface area contributed by atoms with E-state index in [-0.39, 0.29) is 0 Å². The highest BCUT2D eigenvalue weighted by atomic mass is 16.5. The van der Waals surface area contributed by atoms with Gasteiger partial charge in [0.25, 0.3) is 0 Å². The zero-order valence-corrected chi connectivity index (χ0v) is 15.0. The second-order valence-electron chi connectivity index (χ2n) is 7.61. The number of likely N-dealkylation sites (tertiary alicyclic amines) is 1. The molecule has 5 nitrogen and oxygen atoms in total. The summed E-state index contributed by atoms with van der Waals surface area (Å²) < 4.78 is 11.7. The van der Waals surface area contributed by atoms with E-state index < -0.39 is 0 Å². The molecule has 25 heavy (non-hydrogen) atoms. The topological polar surface area (TPSA) is 50.8 Å². The van der Waals surface area contributed by atoms with Crippen molar-refractivity contribution in [1.82, 2.24) is 10.2 Å². The van der Waals surface area contributed by atoms with Crippen LogP contribution in [-0.4, -0.2) is 43.2 Å². The lowest BCUT2D eigenvalue weighted by Crippen LogP contribution is -2.50. The van der Waals surface area contributed by atoms with Crippen LogP contribution in [0.4, 0.5) is 0 Å². The minimum absolute atomic E-state index is 0.327. The molecule has 1 N–H and O–H groups in total. The van der Waals surface area contributed by atoms with Crippen LogP contribution in [-0.2, 0) is 11.3 Å². The van der Waals surface area contributed by atoms with Crippen molar-refractivity contribution in [2.45, 2.75) is 45.2 Å². The number of ether oxygens (including phenoxy) is 2. The summed E-state index contributed by atoms with van der Waals surface area (Å²) in [5.74, 6) is 2.92. The van der Waals surface area contributed by atoms with E-state index in [0.29, 0.717) is 37.0 Å². The van der Waals surface area contributed by atoms with Gasteiger partial charge in [0.15, 0.2) is 11.5 Å². The number of carbonyl (C=O) groups excluding carboxylic acids is 1. The summed E-state index contributed by atoms with van der Waals surface area (Å²) in [7, 11) is 0. The highest BCUT2D eigenvalue weighted by molar-refractivity contribution is 5.81. The second kappa shape index (κ2) is 7.24. The third-order valence-corrected chi connectivity index (χ3v) is 5.55. The maximum Gasteiger partial charge on any atom is 0.225 e. The fraction of sp³-hybridized carbons (Fsp3) is 0.650. The first-order chi connectivity index (χ1) is 12.2. The minimum Gasteiger partial charge on any atom is -0.490 e. The van der Waals surface area contributed by atoms with Crippen LogP contribution in [0.1, 0.15) is 38.2 Å². The Labute approximate surface area is 149 Å². The van der Waals surface area contributed by atoms with Crippen LogP contribution in [0.3, 0.4) is 0 Å². The number of nitrogens with zero attached hydrogens (tertiary/aromatic N) is 1. The van der Waals surface area contributed by atoms with Gasteiger partial charge in [0, 0.05) is 43.6 Å². The highest BCUT2D eigenvalue weighted by Gasteiger charge is 2.36. The average Bonchev–Trinajstić information content (AvgIpc) is 3.46. The molecular weight excluding hydrogens is 316 g/mol. The number of benzene rings is 1. The molecule has 0 bridgehead atoms. The number of piperidine rings is 1. The van der Waals surface area contributed by atoms with Gasteiger partial charge in [-0.15, -0.1) is 0 Å². The Kier molecular flexibility index (Phi) is 4.84. The molecule has 1 aromatic rings. The molecule has 0 aromatic heterocycles. The molecule has 1 aliphatic carbocycles. The summed E-state index contributed by atoms with van der Waals surface area (Å²) in [6, 6.07) is 6.56. The number of amides is 1. The maximum absolute atomic E-state index is 12.3. The van der Waals surface area contributed by atoms with Crippen molar-refractivity contribution in [1.29, 1.82) is 0 Å². The molecule has 1 amide bonds. The van der Waals surface area contributed by atoms with Crippen molar-refractivity contribution >= 4 is 5.91 Å². The fourth-order valence-electron chi connectivity index (χ4n) is 3.87. The van der Waals surface area contributed by atoms with E-state index in [0.717, 1.165) is 62.4 Å². The predicted octanol–water partition coefficient (Wildman–Crippen LogP) is 2.58. The largest absolute Gasteiger partial charge is 0.490 e. The Bertz CT molecular complexity index is 629. The Balaban J connectivity index is 1.35. The SMILES string of the molecule is CC1CN(C(=O)C2CC2)CCC1NCc1cccc2c1OCCCO2. The molecule has 2 unspecified atom stereocenters. The molecule has 4 rings (SSSR count). The van der Waals surface area contributed by atoms with Gasteiger partial charge in [-0.3, -0.25) is 4.79 Å². The number of para-hydroxylation sites is 1. The van der Waals surface area contributed by atoms with Crippen molar-refractivity contribution in [3.8, 4) is 11.5 Å². The van der Waals surface area contributed by atoms with E-state index in [4.69, 9.17) is 9.47 Å². The molecule has 2 atom stereocenters. The summed E-state index contributed by atoms with van der Waals surface area (Å²) in [6.07, 6.45) is 4.12. The van der Waals surface area contributed by atoms with Gasteiger partial charge in [-0.1, -0.05) is 19.1 Å². The Morgan fingerprint density at radius 3 is 2.88 bits per heavy atom. The van der Waals surface area contributed by atoms with Crippen molar-refractivity contribution < 1.29 is 14.3 Å². The summed E-state index contributed by atoms with van der Waals surface area (Å²) in [4.78, 5) is 14.3. The molecule has 5 heteroatoms. The molecule has 0 radical (unpaired) electrons. The lowest BCUT2D eigenvalue weighted by Gasteiger charge is -2.37. The van der Waals surface area contributed by atoms with Crippen LogP contribution in [0.2, 0.25) is 0 Å². The first-order valence-corrected chi connectivity index (χ1v) is 9.62. The number of rotatable bonds is 4. The molecule has 1 saturated carbocycles. The van der Waals surface area contributed by atoms with Crippen LogP contribution >= 0.6 is 0 Å². The number of carbonyl (C=O) groups is 1. The van der Waals surface area contributed by atoms with Crippen LogP contribution in [0.5, 0.6) is 11.5 Å². The van der Waals surface area contributed by atoms with E-state index in [1.807, 2.05) is 12.1 Å². The molecule has 3 aliphatic rings. The van der Waals surface area contributed by atoms with E-state index >= 15 is 0 Å². The molecule has 136 valence electrons. The molecular formula is C20H28N2O3. The van der Waals surface area contributed by atoms with Crippen LogP contribution in [0, 0.1) is 11.8 Å². The third-order valence-electron chi connectivity index (χ3n) is 5.55. The smallest absolute Gasteiger partial charge is 0.225 e. The van der Waals surface area contributed by atoms with Crippen molar-refractivity contribution in [3.05, 3.63) is 23.8 Å². The van der Waals surface area contributed by atoms with Gasteiger partial charge in [0.05, 0.1) is 13.2 Å².